The summed E-state index contributed by atoms with van der Waals surface area (Å²) in [5.74, 6) is 0.617. The van der Waals surface area contributed by atoms with Gasteiger partial charge in [0.15, 0.2) is 0 Å². The van der Waals surface area contributed by atoms with Crippen LogP contribution >= 0.6 is 22.7 Å². The van der Waals surface area contributed by atoms with Crippen molar-refractivity contribution >= 4 is 22.7 Å². The highest BCUT2D eigenvalue weighted by Gasteiger charge is 2.15. The van der Waals surface area contributed by atoms with Crippen molar-refractivity contribution in [3.8, 4) is 9.88 Å². The fourth-order valence-corrected chi connectivity index (χ4v) is 3.86. The van der Waals surface area contributed by atoms with E-state index in [9.17, 15) is 5.11 Å². The van der Waals surface area contributed by atoms with E-state index in [2.05, 4.69) is 28.7 Å². The third-order valence-electron chi connectivity index (χ3n) is 3.36. The molecule has 22 heavy (non-hydrogen) atoms. The highest BCUT2D eigenvalue weighted by Crippen LogP contribution is 2.29. The van der Waals surface area contributed by atoms with Crippen LogP contribution in [0.15, 0.2) is 46.5 Å². The molecule has 0 aliphatic heterocycles. The molecule has 3 aromatic rings. The number of thiophene rings is 1. The minimum Gasteiger partial charge on any atom is -0.467 e. The molecule has 0 aliphatic carbocycles. The summed E-state index contributed by atoms with van der Waals surface area (Å²) in [6.45, 7) is 2.82. The number of aromatic nitrogens is 1. The summed E-state index contributed by atoms with van der Waals surface area (Å²) < 4.78 is 5.22. The predicted molar refractivity (Wildman–Crippen MR) is 90.0 cm³/mol. The third kappa shape index (κ3) is 3.84. The molecule has 0 spiro atoms. The van der Waals surface area contributed by atoms with Crippen LogP contribution in [0.4, 0.5) is 0 Å². The quantitative estimate of drug-likeness (QED) is 0.684. The summed E-state index contributed by atoms with van der Waals surface area (Å²) >= 11 is 3.41. The molecule has 0 amide bonds. The third-order valence-corrected chi connectivity index (χ3v) is 5.40. The van der Waals surface area contributed by atoms with E-state index in [1.165, 1.54) is 9.75 Å². The zero-order valence-electron chi connectivity index (χ0n) is 12.2. The number of aliphatic hydroxyl groups excluding tert-OH is 1. The Bertz CT molecular complexity index is 677. The van der Waals surface area contributed by atoms with Gasteiger partial charge in [-0.2, -0.15) is 0 Å². The Labute approximate surface area is 137 Å². The van der Waals surface area contributed by atoms with E-state index in [1.807, 2.05) is 12.3 Å². The average molecular weight is 334 g/mol. The van der Waals surface area contributed by atoms with Gasteiger partial charge in [0.25, 0.3) is 0 Å². The van der Waals surface area contributed by atoms with E-state index in [4.69, 9.17) is 4.42 Å². The second kappa shape index (κ2) is 7.19. The van der Waals surface area contributed by atoms with Crippen molar-refractivity contribution in [3.63, 3.8) is 0 Å². The minimum atomic E-state index is -0.569. The Balaban J connectivity index is 1.50. The van der Waals surface area contributed by atoms with Crippen LogP contribution in [0.5, 0.6) is 0 Å². The van der Waals surface area contributed by atoms with Gasteiger partial charge in [-0.05, 0) is 36.9 Å². The highest BCUT2D eigenvalue weighted by atomic mass is 32.1. The molecule has 0 saturated heterocycles. The largest absolute Gasteiger partial charge is 0.467 e. The van der Waals surface area contributed by atoms with Crippen molar-refractivity contribution in [1.82, 2.24) is 10.3 Å². The molecular weight excluding hydrogens is 316 g/mol. The first-order chi connectivity index (χ1) is 10.7. The standard InChI is InChI=1S/C16H18N2O2S2/c1-11(8-13(19)14-4-2-6-20-14)17-9-12-10-18-16(22-12)15-5-3-7-21-15/h2-7,10-11,13,17,19H,8-9H2,1H3. The molecule has 3 rings (SSSR count). The van der Waals surface area contributed by atoms with Crippen molar-refractivity contribution in [2.24, 2.45) is 0 Å². The first kappa shape index (κ1) is 15.4. The van der Waals surface area contributed by atoms with Crippen molar-refractivity contribution in [3.05, 3.63) is 52.7 Å². The topological polar surface area (TPSA) is 58.3 Å². The number of nitrogens with one attached hydrogen (secondary N) is 1. The summed E-state index contributed by atoms with van der Waals surface area (Å²) in [6, 6.07) is 7.90. The smallest absolute Gasteiger partial charge is 0.133 e. The van der Waals surface area contributed by atoms with E-state index >= 15 is 0 Å². The molecule has 3 heterocycles. The maximum Gasteiger partial charge on any atom is 0.133 e. The second-order valence-electron chi connectivity index (χ2n) is 5.16. The van der Waals surface area contributed by atoms with Crippen LogP contribution in [-0.4, -0.2) is 16.1 Å². The van der Waals surface area contributed by atoms with Gasteiger partial charge in [-0.25, -0.2) is 4.98 Å². The molecule has 2 unspecified atom stereocenters. The summed E-state index contributed by atoms with van der Waals surface area (Å²) in [4.78, 5) is 6.87. The van der Waals surface area contributed by atoms with E-state index in [0.29, 0.717) is 12.2 Å². The first-order valence-corrected chi connectivity index (χ1v) is 8.85. The minimum absolute atomic E-state index is 0.187. The molecule has 0 radical (unpaired) electrons. The van der Waals surface area contributed by atoms with Gasteiger partial charge in [0.05, 0.1) is 11.1 Å². The van der Waals surface area contributed by atoms with Gasteiger partial charge in [-0.1, -0.05) is 6.07 Å². The lowest BCUT2D eigenvalue weighted by Crippen LogP contribution is -2.27. The summed E-state index contributed by atoms with van der Waals surface area (Å²) in [6.07, 6.45) is 3.55. The second-order valence-corrected chi connectivity index (χ2v) is 7.22. The number of nitrogens with zero attached hydrogens (tertiary/aromatic N) is 1. The summed E-state index contributed by atoms with van der Waals surface area (Å²) in [7, 11) is 0. The van der Waals surface area contributed by atoms with Crippen molar-refractivity contribution in [1.29, 1.82) is 0 Å². The van der Waals surface area contributed by atoms with Crippen LogP contribution in [0.25, 0.3) is 9.88 Å². The van der Waals surface area contributed by atoms with Gasteiger partial charge in [-0.3, -0.25) is 0 Å². The van der Waals surface area contributed by atoms with Crippen LogP contribution in [0.2, 0.25) is 0 Å². The monoisotopic (exact) mass is 334 g/mol. The van der Waals surface area contributed by atoms with E-state index in [-0.39, 0.29) is 6.04 Å². The SMILES string of the molecule is CC(CC(O)c1ccco1)NCc1cnc(-c2cccs2)s1. The van der Waals surface area contributed by atoms with Crippen LogP contribution in [0.3, 0.4) is 0 Å². The molecule has 6 heteroatoms. The Kier molecular flexibility index (Phi) is 5.04. The molecule has 0 aromatic carbocycles. The van der Waals surface area contributed by atoms with Crippen LogP contribution in [-0.2, 0) is 6.54 Å². The fourth-order valence-electron chi connectivity index (χ4n) is 2.19. The number of furan rings is 1. The predicted octanol–water partition coefficient (Wildman–Crippen LogP) is 4.07. The number of thiazole rings is 1. The molecule has 2 atom stereocenters. The molecule has 4 nitrogen and oxygen atoms in total. The van der Waals surface area contributed by atoms with Gasteiger partial charge in [0, 0.05) is 23.7 Å². The Morgan fingerprint density at radius 3 is 3.00 bits per heavy atom. The maximum absolute atomic E-state index is 10.1. The lowest BCUT2D eigenvalue weighted by Gasteiger charge is -2.16. The highest BCUT2D eigenvalue weighted by molar-refractivity contribution is 7.20. The molecule has 0 saturated carbocycles. The summed E-state index contributed by atoms with van der Waals surface area (Å²) in [5.41, 5.74) is 0. The van der Waals surface area contributed by atoms with Crippen LogP contribution in [0, 0.1) is 0 Å². The van der Waals surface area contributed by atoms with Crippen molar-refractivity contribution in [2.45, 2.75) is 32.0 Å². The summed E-state index contributed by atoms with van der Waals surface area (Å²) in [5, 5.41) is 16.6. The molecule has 0 bridgehead atoms. The van der Waals surface area contributed by atoms with Crippen molar-refractivity contribution < 1.29 is 9.52 Å². The average Bonchev–Trinajstić information content (AvgIpc) is 3.25. The normalized spacial score (nSPS) is 14.1. The van der Waals surface area contributed by atoms with Gasteiger partial charge in [-0.15, -0.1) is 22.7 Å². The van der Waals surface area contributed by atoms with Gasteiger partial charge < -0.3 is 14.8 Å². The molecule has 0 fully saturated rings. The van der Waals surface area contributed by atoms with E-state index < -0.39 is 6.10 Å². The van der Waals surface area contributed by atoms with E-state index in [1.54, 1.807) is 41.1 Å². The lowest BCUT2D eigenvalue weighted by atomic mass is 10.1. The van der Waals surface area contributed by atoms with Gasteiger partial charge in [0.1, 0.15) is 16.9 Å². The van der Waals surface area contributed by atoms with E-state index in [0.717, 1.165) is 11.6 Å². The number of aliphatic hydroxyl groups is 1. The van der Waals surface area contributed by atoms with Crippen LogP contribution in [0.1, 0.15) is 30.1 Å². The number of rotatable bonds is 7. The zero-order valence-corrected chi connectivity index (χ0v) is 13.9. The Morgan fingerprint density at radius 2 is 2.27 bits per heavy atom. The molecular formula is C16H18N2O2S2. The molecule has 0 aliphatic rings. The first-order valence-electron chi connectivity index (χ1n) is 7.16. The van der Waals surface area contributed by atoms with Crippen LogP contribution < -0.4 is 5.32 Å². The Morgan fingerprint density at radius 1 is 1.36 bits per heavy atom. The maximum atomic E-state index is 10.1. The fraction of sp³-hybridized carbons (Fsp3) is 0.312. The molecule has 2 N–H and O–H groups in total. The zero-order chi connectivity index (χ0) is 15.4. The van der Waals surface area contributed by atoms with Crippen molar-refractivity contribution in [2.75, 3.05) is 0 Å². The van der Waals surface area contributed by atoms with Gasteiger partial charge in [0.2, 0.25) is 0 Å². The lowest BCUT2D eigenvalue weighted by molar-refractivity contribution is 0.128. The number of hydrogen-bond acceptors (Lipinski definition) is 6. The molecule has 116 valence electrons. The number of hydrogen-bond donors (Lipinski definition) is 2. The molecule has 3 aromatic heterocycles. The Hall–Kier alpha value is -1.47. The van der Waals surface area contributed by atoms with Gasteiger partial charge >= 0.3 is 0 Å².